The van der Waals surface area contributed by atoms with E-state index in [-0.39, 0.29) is 29.2 Å². The number of carboxylic acids is 1. The van der Waals surface area contributed by atoms with Crippen molar-refractivity contribution in [2.75, 3.05) is 18.1 Å². The smallest absolute Gasteiger partial charge is 0.348 e. The third-order valence-electron chi connectivity index (χ3n) is 4.18. The van der Waals surface area contributed by atoms with Crippen molar-refractivity contribution >= 4 is 23.7 Å². The number of pyridine rings is 1. The van der Waals surface area contributed by atoms with Gasteiger partial charge in [-0.25, -0.2) is 9.48 Å². The van der Waals surface area contributed by atoms with Crippen LogP contribution >= 0.6 is 0 Å². The van der Waals surface area contributed by atoms with Crippen LogP contribution in [0.25, 0.3) is 5.69 Å². The number of rotatable bonds is 6. The number of carbonyl (C=O) groups excluding carboxylic acids is 2. The molecule has 2 aromatic rings. The number of halogens is 2. The lowest BCUT2D eigenvalue weighted by Crippen LogP contribution is -2.55. The molecule has 1 N–H and O–H groups in total. The van der Waals surface area contributed by atoms with Crippen molar-refractivity contribution < 1.29 is 37.7 Å². The maximum Gasteiger partial charge on any atom is 0.348 e. The zero-order chi connectivity index (χ0) is 22.0. The Hall–Kier alpha value is -3.61. The van der Waals surface area contributed by atoms with Crippen LogP contribution in [0.1, 0.15) is 13.5 Å². The Morgan fingerprint density at radius 3 is 2.67 bits per heavy atom. The van der Waals surface area contributed by atoms with E-state index in [2.05, 4.69) is 9.84 Å². The zero-order valence-electron chi connectivity index (χ0n) is 15.5. The minimum Gasteiger partial charge on any atom is -0.478 e. The number of carbonyl (C=O) groups is 3. The van der Waals surface area contributed by atoms with Crippen molar-refractivity contribution in [3.05, 3.63) is 40.9 Å². The Morgan fingerprint density at radius 1 is 1.30 bits per heavy atom. The van der Waals surface area contributed by atoms with Gasteiger partial charge in [-0.15, -0.1) is 5.10 Å². The predicted octanol–water partition coefficient (Wildman–Crippen LogP) is 0.177. The fourth-order valence-corrected chi connectivity index (χ4v) is 2.85. The number of morpholine rings is 1. The minimum atomic E-state index is -3.04. The molecule has 1 fully saturated rings. The van der Waals surface area contributed by atoms with E-state index < -0.39 is 42.2 Å². The molecule has 0 aromatic carbocycles. The van der Waals surface area contributed by atoms with Crippen LogP contribution in [0.4, 0.5) is 14.6 Å². The molecule has 0 radical (unpaired) electrons. The summed E-state index contributed by atoms with van der Waals surface area (Å²) >= 11 is 0. The van der Waals surface area contributed by atoms with E-state index in [4.69, 9.17) is 4.74 Å². The first-order valence-corrected chi connectivity index (χ1v) is 8.58. The van der Waals surface area contributed by atoms with Crippen LogP contribution in [0.3, 0.4) is 0 Å². The second-order valence-electron chi connectivity index (χ2n) is 6.18. The molecule has 11 nitrogen and oxygen atoms in total. The molecule has 2 atom stereocenters. The summed E-state index contributed by atoms with van der Waals surface area (Å²) in [4.78, 5) is 47.9. The Kier molecular flexibility index (Phi) is 5.91. The van der Waals surface area contributed by atoms with E-state index in [9.17, 15) is 33.1 Å². The average Bonchev–Trinajstić information content (AvgIpc) is 3.16. The van der Waals surface area contributed by atoms with Gasteiger partial charge in [0.1, 0.15) is 0 Å². The number of ether oxygens (including phenoxy) is 2. The van der Waals surface area contributed by atoms with Crippen molar-refractivity contribution in [3.63, 3.8) is 0 Å². The minimum absolute atomic E-state index is 0.0370. The molecule has 0 saturated carbocycles. The van der Waals surface area contributed by atoms with E-state index in [1.807, 2.05) is 0 Å². The van der Waals surface area contributed by atoms with Crippen molar-refractivity contribution in [1.82, 2.24) is 14.3 Å². The molecule has 0 spiro atoms. The van der Waals surface area contributed by atoms with Gasteiger partial charge in [-0.1, -0.05) is 0 Å². The number of nitrogens with zero attached hydrogens (tertiary/aromatic N) is 4. The molecule has 13 heteroatoms. The number of anilines is 1. The second-order valence-corrected chi connectivity index (χ2v) is 6.18. The molecule has 1 aliphatic rings. The highest BCUT2D eigenvalue weighted by atomic mass is 19.3. The summed E-state index contributed by atoms with van der Waals surface area (Å²) in [5.74, 6) is -3.15. The number of hydrogen-bond donors (Lipinski definition) is 1. The number of alkyl halides is 2. The number of amides is 1. The molecule has 0 unspecified atom stereocenters. The van der Waals surface area contributed by atoms with Gasteiger partial charge in [0.25, 0.3) is 11.5 Å². The fraction of sp³-hybridized carbons (Fsp3) is 0.353. The molecule has 3 rings (SSSR count). The summed E-state index contributed by atoms with van der Waals surface area (Å²) in [6.45, 7) is -2.05. The Bertz CT molecular complexity index is 1040. The van der Waals surface area contributed by atoms with Gasteiger partial charge < -0.3 is 14.6 Å². The summed E-state index contributed by atoms with van der Waals surface area (Å²) in [6.07, 6.45) is -1.13. The van der Waals surface area contributed by atoms with E-state index in [0.717, 1.165) is 24.1 Å². The van der Waals surface area contributed by atoms with Crippen molar-refractivity contribution in [2.24, 2.45) is 0 Å². The average molecular weight is 426 g/mol. The lowest BCUT2D eigenvalue weighted by atomic mass is 10.1. The highest BCUT2D eigenvalue weighted by molar-refractivity contribution is 5.99. The standard InChI is InChI=1S/C17H16F2N4O7/c1-9(24)30-14(16(27)28)13-15(26)21(6-7-29-13)11-4-5-23(20-11)10-2-3-12(25)22(8-10)17(18)19/h2-5,8,13-14,17H,6-7H2,1H3,(H,27,28)/t13-,14-/m1/s1. The number of hydrogen-bond acceptors (Lipinski definition) is 7. The van der Waals surface area contributed by atoms with Gasteiger partial charge in [0, 0.05) is 31.5 Å². The lowest BCUT2D eigenvalue weighted by Gasteiger charge is -2.33. The molecular weight excluding hydrogens is 410 g/mol. The molecule has 3 heterocycles. The summed E-state index contributed by atoms with van der Waals surface area (Å²) in [7, 11) is 0. The third kappa shape index (κ3) is 4.20. The Balaban J connectivity index is 1.87. The lowest BCUT2D eigenvalue weighted by molar-refractivity contribution is -0.177. The topological polar surface area (TPSA) is 133 Å². The largest absolute Gasteiger partial charge is 0.478 e. The SMILES string of the molecule is CC(=O)O[C@@H](C(=O)O)[C@H]1OCCN(c2ccn(-c3ccc(=O)n(C(F)F)c3)n2)C1=O. The van der Waals surface area contributed by atoms with Crippen molar-refractivity contribution in [1.29, 1.82) is 0 Å². The van der Waals surface area contributed by atoms with E-state index >= 15 is 0 Å². The molecule has 2 aromatic heterocycles. The molecule has 1 aliphatic heterocycles. The van der Waals surface area contributed by atoms with Crippen molar-refractivity contribution in [2.45, 2.75) is 25.7 Å². The van der Waals surface area contributed by atoms with Crippen LogP contribution in [-0.4, -0.2) is 62.7 Å². The van der Waals surface area contributed by atoms with E-state index in [1.54, 1.807) is 0 Å². The van der Waals surface area contributed by atoms with Gasteiger partial charge in [-0.05, 0) is 6.07 Å². The fourth-order valence-electron chi connectivity index (χ4n) is 2.85. The molecule has 1 saturated heterocycles. The summed E-state index contributed by atoms with van der Waals surface area (Å²) in [6, 6.07) is 3.64. The number of esters is 1. The monoisotopic (exact) mass is 426 g/mol. The Morgan fingerprint density at radius 2 is 2.03 bits per heavy atom. The van der Waals surface area contributed by atoms with Crippen molar-refractivity contribution in [3.8, 4) is 5.69 Å². The molecule has 1 amide bonds. The number of aliphatic carboxylic acids is 1. The molecular formula is C17H16F2N4O7. The van der Waals surface area contributed by atoms with Crippen LogP contribution in [0.2, 0.25) is 0 Å². The van der Waals surface area contributed by atoms with Crippen LogP contribution in [-0.2, 0) is 23.9 Å². The number of carboxylic acid groups (broad SMARTS) is 1. The quantitative estimate of drug-likeness (QED) is 0.647. The molecule has 30 heavy (non-hydrogen) atoms. The summed E-state index contributed by atoms with van der Waals surface area (Å²) < 4.78 is 37.1. The second kappa shape index (κ2) is 8.41. The van der Waals surface area contributed by atoms with Crippen LogP contribution in [0.5, 0.6) is 0 Å². The highest BCUT2D eigenvalue weighted by Gasteiger charge is 2.43. The molecule has 0 aliphatic carbocycles. The van der Waals surface area contributed by atoms with Gasteiger partial charge in [0.05, 0.1) is 18.8 Å². The van der Waals surface area contributed by atoms with Crippen LogP contribution < -0.4 is 10.5 Å². The first-order chi connectivity index (χ1) is 14.2. The van der Waals surface area contributed by atoms with E-state index in [1.165, 1.54) is 23.0 Å². The molecule has 0 bridgehead atoms. The maximum absolute atomic E-state index is 12.9. The van der Waals surface area contributed by atoms with Gasteiger partial charge in [-0.3, -0.25) is 23.9 Å². The van der Waals surface area contributed by atoms with Gasteiger partial charge in [0.15, 0.2) is 11.9 Å². The first kappa shape index (κ1) is 21.1. The van der Waals surface area contributed by atoms with Gasteiger partial charge in [0.2, 0.25) is 6.10 Å². The van der Waals surface area contributed by atoms with Gasteiger partial charge in [-0.2, -0.15) is 8.78 Å². The summed E-state index contributed by atoms with van der Waals surface area (Å²) in [5, 5.41) is 13.4. The van der Waals surface area contributed by atoms with Crippen LogP contribution in [0, 0.1) is 0 Å². The maximum atomic E-state index is 12.9. The Labute approximate surface area is 167 Å². The first-order valence-electron chi connectivity index (χ1n) is 8.58. The number of aromatic nitrogens is 3. The normalized spacial score (nSPS) is 17.8. The third-order valence-corrected chi connectivity index (χ3v) is 4.18. The van der Waals surface area contributed by atoms with E-state index in [0.29, 0.717) is 0 Å². The van der Waals surface area contributed by atoms with Crippen LogP contribution in [0.15, 0.2) is 35.4 Å². The zero-order valence-corrected chi connectivity index (χ0v) is 15.5. The molecule has 160 valence electrons. The highest BCUT2D eigenvalue weighted by Crippen LogP contribution is 2.21. The predicted molar refractivity (Wildman–Crippen MR) is 94.4 cm³/mol. The summed E-state index contributed by atoms with van der Waals surface area (Å²) in [5.41, 5.74) is -0.751. The van der Waals surface area contributed by atoms with Gasteiger partial charge >= 0.3 is 18.5 Å².